The fourth-order valence-corrected chi connectivity index (χ4v) is 4.35. The van der Waals surface area contributed by atoms with E-state index in [0.717, 1.165) is 11.6 Å². The number of benzene rings is 2. The van der Waals surface area contributed by atoms with Crippen LogP contribution in [0.5, 0.6) is 5.75 Å². The molecule has 0 amide bonds. The molecule has 0 aliphatic heterocycles. The number of hydrogen-bond acceptors (Lipinski definition) is 11. The molecule has 0 aliphatic carbocycles. The molecule has 1 aromatic heterocycles. The van der Waals surface area contributed by atoms with Crippen LogP contribution in [0, 0.1) is 27.2 Å². The molecular weight excluding hydrogens is 568 g/mol. The van der Waals surface area contributed by atoms with Crippen LogP contribution in [0.3, 0.4) is 0 Å². The second-order valence-electron chi connectivity index (χ2n) is 6.95. The molecule has 0 saturated carbocycles. The standard InChI is InChI=1S/C20H15BrN4O10S/c1-3-34-20(27)19-17(10-18(26)23(22-19)13-6-4-5-12(21)7-13)35-36(32,33)14-8-15(24(28)29)11(2)16(9-14)25(30)31/h4-10H,3H2,1-2H3. The number of ether oxygens (including phenoxy) is 1. The number of carbonyl (C=O) groups is 1. The van der Waals surface area contributed by atoms with E-state index in [1.165, 1.54) is 19.1 Å². The summed E-state index contributed by atoms with van der Waals surface area (Å²) in [6.07, 6.45) is 0. The number of nitrogens with zero attached hydrogens (tertiary/aromatic N) is 4. The van der Waals surface area contributed by atoms with E-state index < -0.39 is 59.2 Å². The number of nitro benzene ring substituents is 2. The Morgan fingerprint density at radius 2 is 1.72 bits per heavy atom. The van der Waals surface area contributed by atoms with Crippen LogP contribution >= 0.6 is 15.9 Å². The van der Waals surface area contributed by atoms with Crippen LogP contribution in [0.1, 0.15) is 23.0 Å². The highest BCUT2D eigenvalue weighted by atomic mass is 79.9. The summed E-state index contributed by atoms with van der Waals surface area (Å²) in [5.41, 5.74) is -3.45. The fraction of sp³-hybridized carbons (Fsp3) is 0.150. The molecule has 0 N–H and O–H groups in total. The summed E-state index contributed by atoms with van der Waals surface area (Å²) >= 11 is 3.24. The molecule has 0 aliphatic rings. The largest absolute Gasteiger partial charge is 0.461 e. The second-order valence-corrected chi connectivity index (χ2v) is 9.41. The molecule has 0 unspecified atom stereocenters. The third-order valence-electron chi connectivity index (χ3n) is 4.63. The Kier molecular flexibility index (Phi) is 7.49. The molecule has 0 bridgehead atoms. The third kappa shape index (κ3) is 5.38. The SMILES string of the molecule is CCOC(=O)c1nn(-c2cccc(Br)c2)c(=O)cc1OS(=O)(=O)c1cc([N+](=O)[O-])c(C)c([N+](=O)[O-])c1. The quantitative estimate of drug-likeness (QED) is 0.164. The first kappa shape index (κ1) is 26.4. The van der Waals surface area contributed by atoms with E-state index in [9.17, 15) is 38.2 Å². The van der Waals surface area contributed by atoms with Gasteiger partial charge in [0.1, 0.15) is 10.5 Å². The lowest BCUT2D eigenvalue weighted by atomic mass is 10.1. The average molecular weight is 583 g/mol. The maximum atomic E-state index is 12.9. The zero-order chi connectivity index (χ0) is 26.8. The Morgan fingerprint density at radius 1 is 1.11 bits per heavy atom. The van der Waals surface area contributed by atoms with Crippen LogP contribution in [-0.4, -0.2) is 40.6 Å². The first-order valence-corrected chi connectivity index (χ1v) is 12.0. The van der Waals surface area contributed by atoms with Gasteiger partial charge < -0.3 is 8.92 Å². The summed E-state index contributed by atoms with van der Waals surface area (Å²) in [4.78, 5) is 44.9. The summed E-state index contributed by atoms with van der Waals surface area (Å²) < 4.78 is 37.1. The van der Waals surface area contributed by atoms with Crippen LogP contribution in [0.4, 0.5) is 11.4 Å². The molecule has 0 atom stereocenters. The van der Waals surface area contributed by atoms with E-state index in [-0.39, 0.29) is 17.9 Å². The van der Waals surface area contributed by atoms with E-state index in [0.29, 0.717) is 22.7 Å². The number of rotatable bonds is 8. The van der Waals surface area contributed by atoms with Gasteiger partial charge >= 0.3 is 16.1 Å². The lowest BCUT2D eigenvalue weighted by Crippen LogP contribution is -2.26. The smallest absolute Gasteiger partial charge is 0.362 e. The van der Waals surface area contributed by atoms with Crippen molar-refractivity contribution in [2.24, 2.45) is 0 Å². The Labute approximate surface area is 210 Å². The lowest BCUT2D eigenvalue weighted by Gasteiger charge is -2.13. The number of hydrogen-bond donors (Lipinski definition) is 0. The van der Waals surface area contributed by atoms with Crippen molar-refractivity contribution in [1.29, 1.82) is 0 Å². The molecule has 3 rings (SSSR count). The molecule has 1 heterocycles. The zero-order valence-corrected chi connectivity index (χ0v) is 20.8. The number of halogens is 1. The molecular formula is C20H15BrN4O10S. The van der Waals surface area contributed by atoms with E-state index in [1.54, 1.807) is 12.1 Å². The van der Waals surface area contributed by atoms with Crippen LogP contribution in [0.25, 0.3) is 5.69 Å². The minimum Gasteiger partial charge on any atom is -0.461 e. The van der Waals surface area contributed by atoms with Gasteiger partial charge in [-0.3, -0.25) is 25.0 Å². The van der Waals surface area contributed by atoms with Crippen LogP contribution in [0.15, 0.2) is 56.6 Å². The highest BCUT2D eigenvalue weighted by Gasteiger charge is 2.31. The summed E-state index contributed by atoms with van der Waals surface area (Å²) in [7, 11) is -5.03. The third-order valence-corrected chi connectivity index (χ3v) is 6.33. The molecule has 2 aromatic carbocycles. The lowest BCUT2D eigenvalue weighted by molar-refractivity contribution is -0.395. The van der Waals surface area contributed by atoms with Gasteiger partial charge in [0.2, 0.25) is 5.69 Å². The fourth-order valence-electron chi connectivity index (χ4n) is 2.99. The van der Waals surface area contributed by atoms with Gasteiger partial charge in [0.15, 0.2) is 5.75 Å². The molecule has 0 fully saturated rings. The van der Waals surface area contributed by atoms with Gasteiger partial charge in [-0.25, -0.2) is 4.79 Å². The number of carbonyl (C=O) groups excluding carboxylic acids is 1. The molecule has 0 spiro atoms. The van der Waals surface area contributed by atoms with E-state index in [2.05, 4.69) is 21.0 Å². The number of nitro groups is 2. The van der Waals surface area contributed by atoms with Gasteiger partial charge in [-0.05, 0) is 32.0 Å². The van der Waals surface area contributed by atoms with Crippen molar-refractivity contribution < 1.29 is 32.0 Å². The van der Waals surface area contributed by atoms with Gasteiger partial charge in [0.25, 0.3) is 16.9 Å². The van der Waals surface area contributed by atoms with Crippen molar-refractivity contribution in [3.8, 4) is 11.4 Å². The monoisotopic (exact) mass is 582 g/mol. The summed E-state index contributed by atoms with van der Waals surface area (Å²) in [5.74, 6) is -1.97. The molecule has 14 nitrogen and oxygen atoms in total. The Morgan fingerprint density at radius 3 is 2.25 bits per heavy atom. The van der Waals surface area contributed by atoms with E-state index >= 15 is 0 Å². The first-order valence-electron chi connectivity index (χ1n) is 9.81. The van der Waals surface area contributed by atoms with E-state index in [4.69, 9.17) is 8.92 Å². The maximum Gasteiger partial charge on any atom is 0.362 e. The summed E-state index contributed by atoms with van der Waals surface area (Å²) in [6.45, 7) is 2.43. The Bertz CT molecular complexity index is 1530. The average Bonchev–Trinajstić information content (AvgIpc) is 2.78. The molecule has 0 radical (unpaired) electrons. The van der Waals surface area contributed by atoms with Crippen LogP contribution in [-0.2, 0) is 14.9 Å². The Balaban J connectivity index is 2.19. The molecule has 16 heteroatoms. The zero-order valence-electron chi connectivity index (χ0n) is 18.4. The van der Waals surface area contributed by atoms with Gasteiger partial charge in [-0.2, -0.15) is 18.2 Å². The molecule has 3 aromatic rings. The minimum atomic E-state index is -5.03. The van der Waals surface area contributed by atoms with Crippen molar-refractivity contribution in [1.82, 2.24) is 9.78 Å². The van der Waals surface area contributed by atoms with Gasteiger partial charge in [0, 0.05) is 16.6 Å². The van der Waals surface area contributed by atoms with Crippen molar-refractivity contribution in [2.75, 3.05) is 6.61 Å². The van der Waals surface area contributed by atoms with Crippen molar-refractivity contribution in [3.63, 3.8) is 0 Å². The maximum absolute atomic E-state index is 12.9. The highest BCUT2D eigenvalue weighted by Crippen LogP contribution is 2.32. The molecule has 188 valence electrons. The molecule has 0 saturated heterocycles. The van der Waals surface area contributed by atoms with Gasteiger partial charge in [-0.15, -0.1) is 0 Å². The van der Waals surface area contributed by atoms with Crippen molar-refractivity contribution in [3.05, 3.63) is 88.8 Å². The highest BCUT2D eigenvalue weighted by molar-refractivity contribution is 9.10. The summed E-state index contributed by atoms with van der Waals surface area (Å²) in [6, 6.07) is 8.06. The van der Waals surface area contributed by atoms with Crippen LogP contribution < -0.4 is 9.74 Å². The number of aromatic nitrogens is 2. The van der Waals surface area contributed by atoms with Crippen LogP contribution in [0.2, 0.25) is 0 Å². The topological polar surface area (TPSA) is 191 Å². The molecule has 36 heavy (non-hydrogen) atoms. The number of esters is 1. The van der Waals surface area contributed by atoms with Gasteiger partial charge in [0.05, 0.1) is 28.2 Å². The minimum absolute atomic E-state index is 0.126. The normalized spacial score (nSPS) is 11.1. The first-order chi connectivity index (χ1) is 16.9. The predicted molar refractivity (Wildman–Crippen MR) is 126 cm³/mol. The summed E-state index contributed by atoms with van der Waals surface area (Å²) in [5, 5.41) is 26.5. The van der Waals surface area contributed by atoms with Crippen molar-refractivity contribution >= 4 is 43.4 Å². The predicted octanol–water partition coefficient (Wildman–Crippen LogP) is 3.06. The van der Waals surface area contributed by atoms with E-state index in [1.807, 2.05) is 0 Å². The Hall–Kier alpha value is -4.18. The van der Waals surface area contributed by atoms with Crippen molar-refractivity contribution in [2.45, 2.75) is 18.7 Å². The van der Waals surface area contributed by atoms with Gasteiger partial charge in [-0.1, -0.05) is 22.0 Å². The second kappa shape index (κ2) is 10.2.